The topological polar surface area (TPSA) is 93.5 Å². The maximum atomic E-state index is 13.2. The number of rotatable bonds is 5. The lowest BCUT2D eigenvalue weighted by Gasteiger charge is -2.39. The number of amides is 4. The van der Waals surface area contributed by atoms with E-state index in [4.69, 9.17) is 0 Å². The Balaban J connectivity index is 1.81. The lowest BCUT2D eigenvalue weighted by Crippen LogP contribution is -2.53. The van der Waals surface area contributed by atoms with Crippen molar-refractivity contribution in [2.75, 3.05) is 13.6 Å². The van der Waals surface area contributed by atoms with Gasteiger partial charge in [-0.1, -0.05) is 56.5 Å². The van der Waals surface area contributed by atoms with Gasteiger partial charge in [0.1, 0.15) is 17.6 Å². The van der Waals surface area contributed by atoms with E-state index in [1.165, 1.54) is 4.90 Å². The zero-order valence-electron chi connectivity index (χ0n) is 16.4. The van der Waals surface area contributed by atoms with Crippen LogP contribution in [-0.2, 0) is 15.1 Å². The van der Waals surface area contributed by atoms with Gasteiger partial charge in [-0.2, -0.15) is 5.26 Å². The van der Waals surface area contributed by atoms with Crippen molar-refractivity contribution >= 4 is 17.8 Å². The normalized spacial score (nSPS) is 23.8. The SMILES string of the molecule is CCC1(c2ccccc2)NC(=O)N(CC(=O)N(C)C2(C#N)CCCCC2)C1=O. The van der Waals surface area contributed by atoms with E-state index in [-0.39, 0.29) is 6.54 Å². The molecule has 7 nitrogen and oxygen atoms in total. The highest BCUT2D eigenvalue weighted by molar-refractivity contribution is 6.09. The molecule has 0 spiro atoms. The van der Waals surface area contributed by atoms with Gasteiger partial charge in [0.25, 0.3) is 5.91 Å². The largest absolute Gasteiger partial charge is 0.325 e. The smallest absolute Gasteiger partial charge is 0.325 e. The van der Waals surface area contributed by atoms with Gasteiger partial charge in [-0.3, -0.25) is 14.5 Å². The molecular weight excluding hydrogens is 356 g/mol. The standard InChI is InChI=1S/C21H26N4O3/c1-3-21(16-10-6-4-7-11-16)18(27)25(19(28)23-21)14-17(26)24(2)20(15-22)12-8-5-9-13-20/h4,6-7,10-11H,3,5,8-9,12-14H2,1-2H3,(H,23,28). The predicted molar refractivity (Wildman–Crippen MR) is 103 cm³/mol. The van der Waals surface area contributed by atoms with E-state index in [9.17, 15) is 19.6 Å². The van der Waals surface area contributed by atoms with E-state index in [2.05, 4.69) is 11.4 Å². The van der Waals surface area contributed by atoms with Crippen LogP contribution in [0.2, 0.25) is 0 Å². The maximum Gasteiger partial charge on any atom is 0.325 e. The molecule has 1 aromatic rings. The molecule has 1 unspecified atom stereocenters. The Morgan fingerprint density at radius 3 is 2.43 bits per heavy atom. The fraction of sp³-hybridized carbons (Fsp3) is 0.524. The fourth-order valence-corrected chi connectivity index (χ4v) is 4.27. The average Bonchev–Trinajstić information content (AvgIpc) is 2.99. The Kier molecular flexibility index (Phi) is 5.41. The molecular formula is C21H26N4O3. The van der Waals surface area contributed by atoms with Gasteiger partial charge in [0.15, 0.2) is 0 Å². The minimum atomic E-state index is -1.16. The summed E-state index contributed by atoms with van der Waals surface area (Å²) in [7, 11) is 1.60. The maximum absolute atomic E-state index is 13.2. The Morgan fingerprint density at radius 2 is 1.86 bits per heavy atom. The van der Waals surface area contributed by atoms with Crippen molar-refractivity contribution < 1.29 is 14.4 Å². The molecule has 1 aromatic carbocycles. The van der Waals surface area contributed by atoms with Gasteiger partial charge in [0, 0.05) is 7.05 Å². The second-order valence-corrected chi connectivity index (χ2v) is 7.60. The third kappa shape index (κ3) is 3.13. The van der Waals surface area contributed by atoms with Crippen molar-refractivity contribution in [1.29, 1.82) is 5.26 Å². The Hall–Kier alpha value is -2.88. The summed E-state index contributed by atoms with van der Waals surface area (Å²) in [5, 5.41) is 12.5. The van der Waals surface area contributed by atoms with Crippen molar-refractivity contribution in [2.45, 2.75) is 56.5 Å². The van der Waals surface area contributed by atoms with Gasteiger partial charge in [-0.15, -0.1) is 0 Å². The Labute approximate surface area is 165 Å². The number of hydrogen-bond acceptors (Lipinski definition) is 4. The number of nitrogens with zero attached hydrogens (tertiary/aromatic N) is 3. The molecule has 4 amide bonds. The van der Waals surface area contributed by atoms with E-state index in [0.29, 0.717) is 24.8 Å². The summed E-state index contributed by atoms with van der Waals surface area (Å²) < 4.78 is 0. The second kappa shape index (κ2) is 7.63. The highest BCUT2D eigenvalue weighted by atomic mass is 16.2. The first-order chi connectivity index (χ1) is 13.4. The van der Waals surface area contributed by atoms with Gasteiger partial charge in [0.05, 0.1) is 6.07 Å². The summed E-state index contributed by atoms with van der Waals surface area (Å²) in [6, 6.07) is 10.8. The van der Waals surface area contributed by atoms with Crippen LogP contribution in [-0.4, -0.2) is 46.8 Å². The third-order valence-corrected chi connectivity index (χ3v) is 6.17. The molecule has 1 heterocycles. The van der Waals surface area contributed by atoms with Crippen LogP contribution in [0.15, 0.2) is 30.3 Å². The first-order valence-corrected chi connectivity index (χ1v) is 9.78. The molecule has 1 aliphatic heterocycles. The van der Waals surface area contributed by atoms with Crippen molar-refractivity contribution in [3.8, 4) is 6.07 Å². The van der Waals surface area contributed by atoms with Crippen molar-refractivity contribution in [3.63, 3.8) is 0 Å². The van der Waals surface area contributed by atoms with E-state index in [1.54, 1.807) is 19.2 Å². The molecule has 0 aromatic heterocycles. The lowest BCUT2D eigenvalue weighted by atomic mass is 9.81. The number of likely N-dealkylation sites (N-methyl/N-ethyl adjacent to an activating group) is 1. The van der Waals surface area contributed by atoms with Crippen LogP contribution in [0.5, 0.6) is 0 Å². The van der Waals surface area contributed by atoms with Crippen LogP contribution >= 0.6 is 0 Å². The molecule has 1 atom stereocenters. The van der Waals surface area contributed by atoms with E-state index in [1.807, 2.05) is 25.1 Å². The Bertz CT molecular complexity index is 811. The van der Waals surface area contributed by atoms with Gasteiger partial charge < -0.3 is 10.2 Å². The number of imide groups is 1. The first kappa shape index (κ1) is 19.9. The number of carbonyl (C=O) groups excluding carboxylic acids is 3. The van der Waals surface area contributed by atoms with Crippen molar-refractivity contribution in [1.82, 2.24) is 15.1 Å². The zero-order chi connectivity index (χ0) is 20.4. The fourth-order valence-electron chi connectivity index (χ4n) is 4.27. The lowest BCUT2D eigenvalue weighted by molar-refractivity contribution is -0.141. The molecule has 0 radical (unpaired) electrons. The van der Waals surface area contributed by atoms with Crippen molar-refractivity contribution in [3.05, 3.63) is 35.9 Å². The van der Waals surface area contributed by atoms with Crippen LogP contribution in [0.3, 0.4) is 0 Å². The molecule has 28 heavy (non-hydrogen) atoms. The third-order valence-electron chi connectivity index (χ3n) is 6.17. The minimum absolute atomic E-state index is 0.362. The van der Waals surface area contributed by atoms with Crippen LogP contribution < -0.4 is 5.32 Å². The Morgan fingerprint density at radius 1 is 1.21 bits per heavy atom. The van der Waals surface area contributed by atoms with E-state index in [0.717, 1.165) is 24.2 Å². The number of carbonyl (C=O) groups is 3. The minimum Gasteiger partial charge on any atom is -0.325 e. The second-order valence-electron chi connectivity index (χ2n) is 7.60. The summed E-state index contributed by atoms with van der Waals surface area (Å²) in [5.74, 6) is -0.825. The van der Waals surface area contributed by atoms with Crippen LogP contribution in [0.25, 0.3) is 0 Å². The highest BCUT2D eigenvalue weighted by Crippen LogP contribution is 2.34. The van der Waals surface area contributed by atoms with Gasteiger partial charge in [-0.05, 0) is 24.8 Å². The molecule has 1 saturated heterocycles. The number of nitriles is 1. The van der Waals surface area contributed by atoms with E-state index < -0.39 is 28.9 Å². The highest BCUT2D eigenvalue weighted by Gasteiger charge is 2.52. The summed E-state index contributed by atoms with van der Waals surface area (Å²) in [6.45, 7) is 1.47. The molecule has 1 saturated carbocycles. The quantitative estimate of drug-likeness (QED) is 0.792. The average molecular weight is 382 g/mol. The molecule has 1 aliphatic carbocycles. The van der Waals surface area contributed by atoms with Crippen LogP contribution in [0.1, 0.15) is 51.0 Å². The number of hydrogen-bond donors (Lipinski definition) is 1. The summed E-state index contributed by atoms with van der Waals surface area (Å²) in [5.41, 5.74) is -1.31. The zero-order valence-corrected chi connectivity index (χ0v) is 16.4. The molecule has 2 aliphatic rings. The summed E-state index contributed by atoms with van der Waals surface area (Å²) >= 11 is 0. The van der Waals surface area contributed by atoms with E-state index >= 15 is 0 Å². The van der Waals surface area contributed by atoms with Crippen LogP contribution in [0.4, 0.5) is 4.79 Å². The number of nitrogens with one attached hydrogen (secondary N) is 1. The van der Waals surface area contributed by atoms with Gasteiger partial charge in [-0.25, -0.2) is 4.79 Å². The summed E-state index contributed by atoms with van der Waals surface area (Å²) in [4.78, 5) is 41.0. The number of urea groups is 1. The van der Waals surface area contributed by atoms with Crippen molar-refractivity contribution in [2.24, 2.45) is 0 Å². The van der Waals surface area contributed by atoms with Gasteiger partial charge in [0.2, 0.25) is 5.91 Å². The monoisotopic (exact) mass is 382 g/mol. The van der Waals surface area contributed by atoms with Gasteiger partial charge >= 0.3 is 6.03 Å². The molecule has 0 bridgehead atoms. The molecule has 7 heteroatoms. The molecule has 3 rings (SSSR count). The first-order valence-electron chi connectivity index (χ1n) is 9.78. The predicted octanol–water partition coefficient (Wildman–Crippen LogP) is 2.53. The number of benzene rings is 1. The molecule has 1 N–H and O–H groups in total. The molecule has 2 fully saturated rings. The summed E-state index contributed by atoms with van der Waals surface area (Å²) in [6.07, 6.45) is 4.45. The van der Waals surface area contributed by atoms with Crippen LogP contribution in [0, 0.1) is 11.3 Å². The molecule has 148 valence electrons.